The maximum absolute atomic E-state index is 12.2. The van der Waals surface area contributed by atoms with E-state index in [9.17, 15) is 4.79 Å². The van der Waals surface area contributed by atoms with Crippen molar-refractivity contribution >= 4 is 21.8 Å². The van der Waals surface area contributed by atoms with Gasteiger partial charge in [-0.05, 0) is 43.3 Å². The minimum absolute atomic E-state index is 0.260. The molecule has 0 aliphatic heterocycles. The fourth-order valence-corrected chi connectivity index (χ4v) is 2.51. The van der Waals surface area contributed by atoms with Crippen molar-refractivity contribution in [2.24, 2.45) is 7.05 Å². The van der Waals surface area contributed by atoms with Crippen LogP contribution in [-0.4, -0.2) is 15.7 Å². The van der Waals surface area contributed by atoms with Gasteiger partial charge in [-0.3, -0.25) is 9.48 Å². The van der Waals surface area contributed by atoms with E-state index in [4.69, 9.17) is 9.15 Å². The van der Waals surface area contributed by atoms with Crippen molar-refractivity contribution in [1.29, 1.82) is 0 Å². The van der Waals surface area contributed by atoms with Gasteiger partial charge in [0.05, 0.1) is 6.20 Å². The van der Waals surface area contributed by atoms with Gasteiger partial charge >= 0.3 is 0 Å². The fraction of sp³-hybridized carbons (Fsp3) is 0.222. The lowest BCUT2D eigenvalue weighted by molar-refractivity contribution is 0.0919. The molecular weight excluding hydrogens is 386 g/mol. The minimum atomic E-state index is -0.266. The Labute approximate surface area is 153 Å². The summed E-state index contributed by atoms with van der Waals surface area (Å²) in [7, 11) is 1.87. The first-order chi connectivity index (χ1) is 12.0. The average molecular weight is 404 g/mol. The number of halogens is 1. The second-order valence-corrected chi connectivity index (χ2v) is 6.49. The zero-order valence-electron chi connectivity index (χ0n) is 14.0. The normalized spacial score (nSPS) is 10.7. The van der Waals surface area contributed by atoms with Gasteiger partial charge < -0.3 is 14.5 Å². The van der Waals surface area contributed by atoms with Crippen LogP contribution in [0.25, 0.3) is 0 Å². The van der Waals surface area contributed by atoms with E-state index in [0.29, 0.717) is 12.3 Å². The van der Waals surface area contributed by atoms with E-state index in [0.717, 1.165) is 21.5 Å². The predicted molar refractivity (Wildman–Crippen MR) is 96.3 cm³/mol. The molecule has 6 nitrogen and oxygen atoms in total. The molecule has 3 aromatic rings. The smallest absolute Gasteiger partial charge is 0.287 e. The Balaban J connectivity index is 1.54. The molecule has 1 amide bonds. The van der Waals surface area contributed by atoms with Gasteiger partial charge in [-0.15, -0.1) is 0 Å². The summed E-state index contributed by atoms with van der Waals surface area (Å²) in [4.78, 5) is 12.2. The Bertz CT molecular complexity index is 868. The minimum Gasteiger partial charge on any atom is -0.486 e. The first kappa shape index (κ1) is 17.3. The van der Waals surface area contributed by atoms with Gasteiger partial charge in [-0.2, -0.15) is 5.10 Å². The Morgan fingerprint density at radius 1 is 1.28 bits per heavy atom. The summed E-state index contributed by atoms with van der Waals surface area (Å²) >= 11 is 3.37. The van der Waals surface area contributed by atoms with Crippen LogP contribution >= 0.6 is 15.9 Å². The molecule has 0 saturated carbocycles. The van der Waals surface area contributed by atoms with Crippen LogP contribution < -0.4 is 10.1 Å². The molecule has 2 aromatic heterocycles. The standard InChI is InChI=1S/C18H18BrN3O3/c1-12-13(10-21-22(12)2)9-20-18(23)17-8-7-16(25-17)11-24-15-5-3-14(19)4-6-15/h3-8,10H,9,11H2,1-2H3,(H,20,23). The van der Waals surface area contributed by atoms with Crippen molar-refractivity contribution < 1.29 is 13.9 Å². The molecule has 0 aliphatic rings. The molecule has 25 heavy (non-hydrogen) atoms. The number of carbonyl (C=O) groups excluding carboxylic acids is 1. The van der Waals surface area contributed by atoms with Gasteiger partial charge in [0.1, 0.15) is 18.1 Å². The Morgan fingerprint density at radius 3 is 2.72 bits per heavy atom. The molecule has 0 bridgehead atoms. The first-order valence-electron chi connectivity index (χ1n) is 7.75. The average Bonchev–Trinajstić information content (AvgIpc) is 3.21. The van der Waals surface area contributed by atoms with Crippen LogP contribution in [0, 0.1) is 6.92 Å². The molecule has 3 rings (SSSR count). The van der Waals surface area contributed by atoms with Gasteiger partial charge in [-0.25, -0.2) is 0 Å². The second kappa shape index (κ2) is 7.57. The second-order valence-electron chi connectivity index (χ2n) is 5.57. The van der Waals surface area contributed by atoms with Crippen molar-refractivity contribution in [2.75, 3.05) is 0 Å². The predicted octanol–water partition coefficient (Wildman–Crippen LogP) is 3.59. The van der Waals surface area contributed by atoms with E-state index in [1.807, 2.05) is 38.2 Å². The van der Waals surface area contributed by atoms with Gasteiger partial charge in [0, 0.05) is 29.3 Å². The lowest BCUT2D eigenvalue weighted by atomic mass is 10.2. The van der Waals surface area contributed by atoms with Crippen LogP contribution in [0.5, 0.6) is 5.75 Å². The molecule has 0 unspecified atom stereocenters. The molecule has 1 N–H and O–H groups in total. The summed E-state index contributed by atoms with van der Waals surface area (Å²) in [5.41, 5.74) is 1.99. The highest BCUT2D eigenvalue weighted by molar-refractivity contribution is 9.10. The van der Waals surface area contributed by atoms with Crippen molar-refractivity contribution in [3.63, 3.8) is 0 Å². The van der Waals surface area contributed by atoms with Crippen molar-refractivity contribution in [3.8, 4) is 5.75 Å². The number of ether oxygens (including phenoxy) is 1. The molecule has 0 aliphatic carbocycles. The lowest BCUT2D eigenvalue weighted by Gasteiger charge is -2.04. The third kappa shape index (κ3) is 4.30. The maximum atomic E-state index is 12.2. The van der Waals surface area contributed by atoms with Crippen LogP contribution in [0.4, 0.5) is 0 Å². The van der Waals surface area contributed by atoms with E-state index in [2.05, 4.69) is 26.3 Å². The van der Waals surface area contributed by atoms with Crippen molar-refractivity contribution in [2.45, 2.75) is 20.1 Å². The highest BCUT2D eigenvalue weighted by Crippen LogP contribution is 2.18. The molecule has 0 saturated heterocycles. The van der Waals surface area contributed by atoms with Crippen molar-refractivity contribution in [1.82, 2.24) is 15.1 Å². The van der Waals surface area contributed by atoms with E-state index < -0.39 is 0 Å². The van der Waals surface area contributed by atoms with Crippen LogP contribution in [0.3, 0.4) is 0 Å². The molecule has 0 fully saturated rings. The van der Waals surface area contributed by atoms with Gasteiger partial charge in [-0.1, -0.05) is 15.9 Å². The van der Waals surface area contributed by atoms with Gasteiger partial charge in [0.2, 0.25) is 0 Å². The van der Waals surface area contributed by atoms with E-state index in [1.165, 1.54) is 0 Å². The van der Waals surface area contributed by atoms with Gasteiger partial charge in [0.25, 0.3) is 5.91 Å². The monoisotopic (exact) mass is 403 g/mol. The SMILES string of the molecule is Cc1c(CNC(=O)c2ccc(COc3ccc(Br)cc3)o2)cnn1C. The van der Waals surface area contributed by atoms with Crippen LogP contribution in [0.15, 0.2) is 51.5 Å². The number of benzene rings is 1. The molecule has 2 heterocycles. The number of hydrogen-bond acceptors (Lipinski definition) is 4. The quantitative estimate of drug-likeness (QED) is 0.682. The number of nitrogens with one attached hydrogen (secondary N) is 1. The molecule has 1 aromatic carbocycles. The zero-order chi connectivity index (χ0) is 17.8. The first-order valence-corrected chi connectivity index (χ1v) is 8.55. The van der Waals surface area contributed by atoms with E-state index in [-0.39, 0.29) is 18.3 Å². The molecular formula is C18H18BrN3O3. The summed E-state index contributed by atoms with van der Waals surface area (Å²) in [6, 6.07) is 10.9. The number of hydrogen-bond donors (Lipinski definition) is 1. The van der Waals surface area contributed by atoms with Crippen LogP contribution in [-0.2, 0) is 20.2 Å². The van der Waals surface area contributed by atoms with Crippen LogP contribution in [0.1, 0.15) is 27.6 Å². The summed E-state index contributed by atoms with van der Waals surface area (Å²) in [5, 5.41) is 6.98. The summed E-state index contributed by atoms with van der Waals surface area (Å²) in [6.45, 7) is 2.62. The number of rotatable bonds is 6. The molecule has 7 heteroatoms. The largest absolute Gasteiger partial charge is 0.486 e. The third-order valence-electron chi connectivity index (χ3n) is 3.86. The highest BCUT2D eigenvalue weighted by Gasteiger charge is 2.12. The lowest BCUT2D eigenvalue weighted by Crippen LogP contribution is -2.22. The summed E-state index contributed by atoms with van der Waals surface area (Å²) < 4.78 is 13.9. The van der Waals surface area contributed by atoms with Gasteiger partial charge in [0.15, 0.2) is 5.76 Å². The third-order valence-corrected chi connectivity index (χ3v) is 4.39. The highest BCUT2D eigenvalue weighted by atomic mass is 79.9. The number of amides is 1. The Kier molecular flexibility index (Phi) is 5.23. The molecule has 0 atom stereocenters. The zero-order valence-corrected chi connectivity index (χ0v) is 15.5. The number of nitrogens with zero attached hydrogens (tertiary/aromatic N) is 2. The number of carbonyl (C=O) groups is 1. The van der Waals surface area contributed by atoms with Crippen LogP contribution in [0.2, 0.25) is 0 Å². The van der Waals surface area contributed by atoms with E-state index in [1.54, 1.807) is 23.0 Å². The summed E-state index contributed by atoms with van der Waals surface area (Å²) in [6.07, 6.45) is 1.75. The topological polar surface area (TPSA) is 69.3 Å². The summed E-state index contributed by atoms with van der Waals surface area (Å²) in [5.74, 6) is 1.32. The molecule has 130 valence electrons. The van der Waals surface area contributed by atoms with Crippen molar-refractivity contribution in [3.05, 3.63) is 69.8 Å². The molecule has 0 spiro atoms. The Hall–Kier alpha value is -2.54. The Morgan fingerprint density at radius 2 is 2.04 bits per heavy atom. The van der Waals surface area contributed by atoms with E-state index >= 15 is 0 Å². The number of aromatic nitrogens is 2. The number of aryl methyl sites for hydroxylation is 1. The maximum Gasteiger partial charge on any atom is 0.287 e. The fourth-order valence-electron chi connectivity index (χ4n) is 2.24. The number of furan rings is 1. The molecule has 0 radical (unpaired) electrons.